The lowest BCUT2D eigenvalue weighted by Gasteiger charge is -2.38. The third-order valence-electron chi connectivity index (χ3n) is 8.01. The fourth-order valence-electron chi connectivity index (χ4n) is 6.16. The maximum Gasteiger partial charge on any atom is 0.141 e. The van der Waals surface area contributed by atoms with E-state index in [1.165, 1.54) is 63.0 Å². The van der Waals surface area contributed by atoms with Gasteiger partial charge in [0.2, 0.25) is 0 Å². The fourth-order valence-corrected chi connectivity index (χ4v) is 12.1. The molecule has 1 fully saturated rings. The molecule has 5 heteroatoms. The molecular formula is C33H29N3SSi. The van der Waals surface area contributed by atoms with Crippen molar-refractivity contribution in [3.63, 3.8) is 0 Å². The molecule has 4 heterocycles. The molecule has 0 unspecified atom stereocenters. The largest absolute Gasteiger partial charge is 0.308 e. The van der Waals surface area contributed by atoms with Crippen LogP contribution in [0.3, 0.4) is 0 Å². The predicted octanol–water partition coefficient (Wildman–Crippen LogP) is 7.82. The first kappa shape index (κ1) is 23.4. The number of hydrogen-bond donors (Lipinski definition) is 0. The highest BCUT2D eigenvalue weighted by molar-refractivity contribution is 7.99. The van der Waals surface area contributed by atoms with Crippen LogP contribution in [0.15, 0.2) is 125 Å². The summed E-state index contributed by atoms with van der Waals surface area (Å²) in [5, 5.41) is 2.85. The smallest absolute Gasteiger partial charge is 0.141 e. The Hall–Kier alpha value is -3.67. The highest BCUT2D eigenvalue weighted by Crippen LogP contribution is 2.51. The molecular weight excluding hydrogens is 499 g/mol. The van der Waals surface area contributed by atoms with Crippen molar-refractivity contribution < 1.29 is 0 Å². The molecule has 186 valence electrons. The molecule has 0 amide bonds. The van der Waals surface area contributed by atoms with Crippen LogP contribution in [-0.2, 0) is 0 Å². The second-order valence-corrected chi connectivity index (χ2v) is 15.5. The van der Waals surface area contributed by atoms with Gasteiger partial charge < -0.3 is 4.90 Å². The van der Waals surface area contributed by atoms with Gasteiger partial charge in [-0.2, -0.15) is 0 Å². The molecule has 0 spiro atoms. The molecule has 2 aliphatic rings. The van der Waals surface area contributed by atoms with Gasteiger partial charge in [-0.3, -0.25) is 9.97 Å². The maximum absolute atomic E-state index is 4.96. The van der Waals surface area contributed by atoms with Gasteiger partial charge in [0, 0.05) is 38.8 Å². The molecule has 7 rings (SSSR count). The Morgan fingerprint density at radius 1 is 0.632 bits per heavy atom. The minimum Gasteiger partial charge on any atom is -0.308 e. The zero-order valence-corrected chi connectivity index (χ0v) is 23.1. The second-order valence-electron chi connectivity index (χ2n) is 10.2. The first-order valence-corrected chi connectivity index (χ1v) is 16.7. The quantitative estimate of drug-likeness (QED) is 0.219. The zero-order valence-electron chi connectivity index (χ0n) is 21.3. The molecule has 5 aromatic rings. The summed E-state index contributed by atoms with van der Waals surface area (Å²) in [6.07, 6.45) is 7.78. The topological polar surface area (TPSA) is 29.0 Å². The van der Waals surface area contributed by atoms with Crippen LogP contribution in [0.5, 0.6) is 0 Å². The number of para-hydroxylation sites is 1. The van der Waals surface area contributed by atoms with Crippen molar-refractivity contribution in [3.8, 4) is 11.3 Å². The minimum absolute atomic E-state index is 0.992. The monoisotopic (exact) mass is 527 g/mol. The summed E-state index contributed by atoms with van der Waals surface area (Å²) in [6.45, 7) is 0. The summed E-state index contributed by atoms with van der Waals surface area (Å²) in [6, 6.07) is 40.0. The van der Waals surface area contributed by atoms with Gasteiger partial charge in [-0.1, -0.05) is 73.5 Å². The van der Waals surface area contributed by atoms with Gasteiger partial charge in [-0.15, -0.1) is 0 Å². The molecule has 38 heavy (non-hydrogen) atoms. The lowest BCUT2D eigenvalue weighted by Crippen LogP contribution is -2.60. The number of aromatic nitrogens is 2. The van der Waals surface area contributed by atoms with Crippen molar-refractivity contribution in [1.82, 2.24) is 9.97 Å². The average molecular weight is 528 g/mol. The SMILES string of the molecule is c1ccc(-c2cccc(N3c4ccccc4Sc4ccc([Si]5(c6ccccn6)CCCCC5)cc43)c2)nc1. The van der Waals surface area contributed by atoms with Gasteiger partial charge in [0.25, 0.3) is 0 Å². The lowest BCUT2D eigenvalue weighted by molar-refractivity contribution is 0.719. The number of hydrogen-bond acceptors (Lipinski definition) is 4. The van der Waals surface area contributed by atoms with Crippen LogP contribution in [0.1, 0.15) is 19.3 Å². The van der Waals surface area contributed by atoms with Crippen LogP contribution in [0.25, 0.3) is 11.3 Å². The number of fused-ring (bicyclic) bond motifs is 2. The van der Waals surface area contributed by atoms with Crippen molar-refractivity contribution in [3.05, 3.63) is 116 Å². The second kappa shape index (κ2) is 9.90. The van der Waals surface area contributed by atoms with E-state index in [-0.39, 0.29) is 0 Å². The van der Waals surface area contributed by atoms with Gasteiger partial charge in [0.05, 0.1) is 17.1 Å². The summed E-state index contributed by atoms with van der Waals surface area (Å²) in [5.41, 5.74) is 5.79. The van der Waals surface area contributed by atoms with E-state index in [0.717, 1.165) is 16.9 Å². The van der Waals surface area contributed by atoms with Crippen LogP contribution in [0.2, 0.25) is 12.1 Å². The maximum atomic E-state index is 4.96. The number of nitrogens with zero attached hydrogens (tertiary/aromatic N) is 3. The Labute approximate surface area is 229 Å². The summed E-state index contributed by atoms with van der Waals surface area (Å²) in [5.74, 6) is 0. The average Bonchev–Trinajstić information content (AvgIpc) is 3.01. The molecule has 1 saturated heterocycles. The highest BCUT2D eigenvalue weighted by Gasteiger charge is 2.40. The fraction of sp³-hybridized carbons (Fsp3) is 0.152. The van der Waals surface area contributed by atoms with E-state index in [0.29, 0.717) is 0 Å². The van der Waals surface area contributed by atoms with E-state index >= 15 is 0 Å². The third-order valence-corrected chi connectivity index (χ3v) is 14.2. The molecule has 3 nitrogen and oxygen atoms in total. The Kier molecular flexibility index (Phi) is 6.10. The van der Waals surface area contributed by atoms with E-state index in [9.17, 15) is 0 Å². The normalized spacial score (nSPS) is 15.9. The lowest BCUT2D eigenvalue weighted by atomic mass is 10.1. The van der Waals surface area contributed by atoms with Crippen molar-refractivity contribution in [2.24, 2.45) is 0 Å². The molecule has 0 radical (unpaired) electrons. The van der Waals surface area contributed by atoms with Crippen LogP contribution < -0.4 is 15.4 Å². The Balaban J connectivity index is 1.40. The van der Waals surface area contributed by atoms with E-state index in [2.05, 4.69) is 101 Å². The molecule has 0 aliphatic carbocycles. The van der Waals surface area contributed by atoms with Gasteiger partial charge in [0.15, 0.2) is 0 Å². The first-order chi connectivity index (χ1) is 18.8. The Bertz CT molecular complexity index is 1580. The van der Waals surface area contributed by atoms with Gasteiger partial charge >= 0.3 is 0 Å². The van der Waals surface area contributed by atoms with Crippen molar-refractivity contribution in [2.45, 2.75) is 41.1 Å². The molecule has 0 N–H and O–H groups in total. The molecule has 2 aliphatic heterocycles. The minimum atomic E-state index is -1.94. The molecule has 0 saturated carbocycles. The van der Waals surface area contributed by atoms with E-state index in [1.54, 1.807) is 0 Å². The number of anilines is 3. The van der Waals surface area contributed by atoms with E-state index < -0.39 is 8.07 Å². The van der Waals surface area contributed by atoms with Crippen LogP contribution in [0.4, 0.5) is 17.1 Å². The zero-order chi connectivity index (χ0) is 25.4. The first-order valence-electron chi connectivity index (χ1n) is 13.5. The van der Waals surface area contributed by atoms with Crippen LogP contribution in [0, 0.1) is 0 Å². The standard InChI is InChI=1S/C33H29N3SSi/c1-8-21-38(22-9-1,33-16-5-7-20-35-33)27-17-18-32-30(24-27)36(29-14-2-3-15-31(29)37-32)26-12-10-11-25(23-26)28-13-4-6-19-34-28/h2-7,10-20,23-24H,1,8-9,21-22H2. The van der Waals surface area contributed by atoms with Crippen LogP contribution in [-0.4, -0.2) is 18.0 Å². The Morgan fingerprint density at radius 3 is 2.24 bits per heavy atom. The predicted molar refractivity (Wildman–Crippen MR) is 161 cm³/mol. The number of benzene rings is 3. The molecule has 0 bridgehead atoms. The Morgan fingerprint density at radius 2 is 1.42 bits per heavy atom. The van der Waals surface area contributed by atoms with Crippen molar-refractivity contribution in [1.29, 1.82) is 0 Å². The molecule has 3 aromatic carbocycles. The number of pyridine rings is 2. The highest BCUT2D eigenvalue weighted by atomic mass is 32.2. The van der Waals surface area contributed by atoms with Crippen LogP contribution >= 0.6 is 11.8 Å². The summed E-state index contributed by atoms with van der Waals surface area (Å²) >= 11 is 1.88. The molecule has 2 aromatic heterocycles. The van der Waals surface area contributed by atoms with E-state index in [1.807, 2.05) is 36.3 Å². The van der Waals surface area contributed by atoms with Gasteiger partial charge in [0.1, 0.15) is 8.07 Å². The number of rotatable bonds is 4. The van der Waals surface area contributed by atoms with Crippen molar-refractivity contribution >= 4 is 47.4 Å². The molecule has 0 atom stereocenters. The summed E-state index contributed by atoms with van der Waals surface area (Å²) < 4.78 is 0. The van der Waals surface area contributed by atoms with Crippen molar-refractivity contribution in [2.75, 3.05) is 4.90 Å². The summed E-state index contributed by atoms with van der Waals surface area (Å²) in [7, 11) is -1.94. The third kappa shape index (κ3) is 4.07. The van der Waals surface area contributed by atoms with E-state index in [4.69, 9.17) is 4.98 Å². The van der Waals surface area contributed by atoms with Gasteiger partial charge in [-0.25, -0.2) is 0 Å². The van der Waals surface area contributed by atoms with Gasteiger partial charge in [-0.05, 0) is 77.9 Å². The summed E-state index contributed by atoms with van der Waals surface area (Å²) in [4.78, 5) is 14.6.